The number of furan rings is 1. The van der Waals surface area contributed by atoms with Gasteiger partial charge in [0.2, 0.25) is 0 Å². The number of hydrogen-bond acceptors (Lipinski definition) is 2. The Morgan fingerprint density at radius 2 is 1.94 bits per heavy atom. The third-order valence-corrected chi connectivity index (χ3v) is 3.42. The van der Waals surface area contributed by atoms with Gasteiger partial charge in [0.15, 0.2) is 5.76 Å². The molecule has 0 aliphatic rings. The lowest BCUT2D eigenvalue weighted by molar-refractivity contribution is 0.0996. The maximum Gasteiger partial charge on any atom is 0.291 e. The second-order valence-corrected chi connectivity index (χ2v) is 5.24. The fraction of sp³-hybridized carbons (Fsp3) is 0.0833. The molecule has 0 atom stereocenters. The molecule has 88 valence electrons. The first-order chi connectivity index (χ1) is 8.08. The lowest BCUT2D eigenvalue weighted by atomic mass is 10.2. The number of anilines is 1. The van der Waals surface area contributed by atoms with Crippen LogP contribution in [0.4, 0.5) is 5.69 Å². The SMILES string of the molecule is Cc1cc(Br)c(NC(=O)c2ccco2)c(Br)c1. The van der Waals surface area contributed by atoms with Crippen molar-refractivity contribution in [2.24, 2.45) is 0 Å². The number of carbonyl (C=O) groups excluding carboxylic acids is 1. The van der Waals surface area contributed by atoms with E-state index in [0.29, 0.717) is 5.69 Å². The van der Waals surface area contributed by atoms with Crippen LogP contribution in [-0.2, 0) is 0 Å². The fourth-order valence-electron chi connectivity index (χ4n) is 1.40. The van der Waals surface area contributed by atoms with Gasteiger partial charge in [-0.05, 0) is 68.6 Å². The van der Waals surface area contributed by atoms with Crippen molar-refractivity contribution in [2.45, 2.75) is 6.92 Å². The minimum atomic E-state index is -0.278. The molecule has 0 unspecified atom stereocenters. The highest BCUT2D eigenvalue weighted by Gasteiger charge is 2.13. The molecule has 0 saturated carbocycles. The number of benzene rings is 1. The zero-order chi connectivity index (χ0) is 12.4. The average molecular weight is 359 g/mol. The lowest BCUT2D eigenvalue weighted by Crippen LogP contribution is -2.11. The Hall–Kier alpha value is -1.07. The number of nitrogens with one attached hydrogen (secondary N) is 1. The summed E-state index contributed by atoms with van der Waals surface area (Å²) in [6.45, 7) is 1.98. The quantitative estimate of drug-likeness (QED) is 0.866. The molecule has 0 saturated heterocycles. The summed E-state index contributed by atoms with van der Waals surface area (Å²) in [5.74, 6) is 0.00429. The van der Waals surface area contributed by atoms with Crippen molar-refractivity contribution < 1.29 is 9.21 Å². The van der Waals surface area contributed by atoms with Crippen LogP contribution in [-0.4, -0.2) is 5.91 Å². The van der Waals surface area contributed by atoms with E-state index in [2.05, 4.69) is 37.2 Å². The van der Waals surface area contributed by atoms with Crippen LogP contribution < -0.4 is 5.32 Å². The first-order valence-corrected chi connectivity index (χ1v) is 6.47. The van der Waals surface area contributed by atoms with Gasteiger partial charge in [-0.25, -0.2) is 0 Å². The Kier molecular flexibility index (Phi) is 3.69. The Labute approximate surface area is 115 Å². The first-order valence-electron chi connectivity index (χ1n) is 4.88. The van der Waals surface area contributed by atoms with Crippen LogP contribution in [0.5, 0.6) is 0 Å². The molecule has 1 amide bonds. The molecule has 1 aromatic heterocycles. The lowest BCUT2D eigenvalue weighted by Gasteiger charge is -2.09. The predicted molar refractivity (Wildman–Crippen MR) is 73.2 cm³/mol. The highest BCUT2D eigenvalue weighted by atomic mass is 79.9. The number of carbonyl (C=O) groups is 1. The molecule has 2 rings (SSSR count). The van der Waals surface area contributed by atoms with Crippen LogP contribution in [0.25, 0.3) is 0 Å². The number of aryl methyl sites for hydroxylation is 1. The van der Waals surface area contributed by atoms with Crippen LogP contribution in [0.1, 0.15) is 16.1 Å². The first kappa shape index (κ1) is 12.4. The second-order valence-electron chi connectivity index (χ2n) is 3.53. The van der Waals surface area contributed by atoms with Crippen LogP contribution in [0.3, 0.4) is 0 Å². The molecule has 17 heavy (non-hydrogen) atoms. The van der Waals surface area contributed by atoms with Gasteiger partial charge in [-0.2, -0.15) is 0 Å². The smallest absolute Gasteiger partial charge is 0.291 e. The Balaban J connectivity index is 2.28. The maximum atomic E-state index is 11.8. The molecule has 0 bridgehead atoms. The van der Waals surface area contributed by atoms with E-state index in [0.717, 1.165) is 14.5 Å². The van der Waals surface area contributed by atoms with Crippen LogP contribution >= 0.6 is 31.9 Å². The van der Waals surface area contributed by atoms with E-state index < -0.39 is 0 Å². The van der Waals surface area contributed by atoms with Crippen LogP contribution in [0.15, 0.2) is 43.9 Å². The van der Waals surface area contributed by atoms with Gasteiger partial charge >= 0.3 is 0 Å². The summed E-state index contributed by atoms with van der Waals surface area (Å²) >= 11 is 6.83. The summed E-state index contributed by atoms with van der Waals surface area (Å²) in [7, 11) is 0. The molecule has 0 fully saturated rings. The molecule has 3 nitrogen and oxygen atoms in total. The predicted octanol–water partition coefficient (Wildman–Crippen LogP) is 4.37. The summed E-state index contributed by atoms with van der Waals surface area (Å²) in [4.78, 5) is 11.8. The van der Waals surface area contributed by atoms with Crippen LogP contribution in [0, 0.1) is 6.92 Å². The van der Waals surface area contributed by atoms with Crippen molar-refractivity contribution in [2.75, 3.05) is 5.32 Å². The zero-order valence-electron chi connectivity index (χ0n) is 8.96. The summed E-state index contributed by atoms with van der Waals surface area (Å²) in [6, 6.07) is 7.16. The van der Waals surface area contributed by atoms with Gasteiger partial charge < -0.3 is 9.73 Å². The van der Waals surface area contributed by atoms with E-state index in [1.54, 1.807) is 12.1 Å². The Morgan fingerprint density at radius 1 is 1.29 bits per heavy atom. The Bertz CT molecular complexity index is 527. The van der Waals surface area contributed by atoms with Gasteiger partial charge in [0.1, 0.15) is 0 Å². The fourth-order valence-corrected chi connectivity index (χ4v) is 3.02. The molecule has 1 aromatic carbocycles. The largest absolute Gasteiger partial charge is 0.459 e. The third-order valence-electron chi connectivity index (χ3n) is 2.17. The van der Waals surface area contributed by atoms with Crippen molar-refractivity contribution in [3.05, 3.63) is 50.8 Å². The number of rotatable bonds is 2. The van der Waals surface area contributed by atoms with Gasteiger partial charge in [0, 0.05) is 8.95 Å². The van der Waals surface area contributed by atoms with Gasteiger partial charge in [0.25, 0.3) is 5.91 Å². The molecule has 2 aromatic rings. The molecule has 0 aliphatic carbocycles. The van der Waals surface area contributed by atoms with E-state index in [4.69, 9.17) is 4.42 Å². The van der Waals surface area contributed by atoms with Gasteiger partial charge in [-0.1, -0.05) is 0 Å². The van der Waals surface area contributed by atoms with E-state index >= 15 is 0 Å². The molecule has 5 heteroatoms. The summed E-state index contributed by atoms with van der Waals surface area (Å²) < 4.78 is 6.68. The zero-order valence-corrected chi connectivity index (χ0v) is 12.1. The molecule has 1 heterocycles. The number of halogens is 2. The molecular weight excluding hydrogens is 350 g/mol. The van der Waals surface area contributed by atoms with Crippen molar-refractivity contribution in [1.29, 1.82) is 0 Å². The monoisotopic (exact) mass is 357 g/mol. The van der Waals surface area contributed by atoms with E-state index in [9.17, 15) is 4.79 Å². The molecule has 1 N–H and O–H groups in total. The molecule has 0 radical (unpaired) electrons. The maximum absolute atomic E-state index is 11.8. The van der Waals surface area contributed by atoms with E-state index in [1.165, 1.54) is 6.26 Å². The topological polar surface area (TPSA) is 42.2 Å². The summed E-state index contributed by atoms with van der Waals surface area (Å²) in [5, 5.41) is 2.78. The van der Waals surface area contributed by atoms with Crippen LogP contribution in [0.2, 0.25) is 0 Å². The minimum absolute atomic E-state index is 0.278. The number of hydrogen-bond donors (Lipinski definition) is 1. The van der Waals surface area contributed by atoms with E-state index in [-0.39, 0.29) is 11.7 Å². The molecule has 0 aliphatic heterocycles. The summed E-state index contributed by atoms with van der Waals surface area (Å²) in [6.07, 6.45) is 1.47. The van der Waals surface area contributed by atoms with Crippen molar-refractivity contribution in [3.8, 4) is 0 Å². The van der Waals surface area contributed by atoms with E-state index in [1.807, 2.05) is 19.1 Å². The average Bonchev–Trinajstić information content (AvgIpc) is 2.76. The van der Waals surface area contributed by atoms with Gasteiger partial charge in [-0.3, -0.25) is 4.79 Å². The number of amides is 1. The highest BCUT2D eigenvalue weighted by Crippen LogP contribution is 2.32. The van der Waals surface area contributed by atoms with Gasteiger partial charge in [-0.15, -0.1) is 0 Å². The third kappa shape index (κ3) is 2.79. The molecular formula is C12H9Br2NO2. The van der Waals surface area contributed by atoms with Crippen molar-refractivity contribution in [3.63, 3.8) is 0 Å². The molecule has 0 spiro atoms. The second kappa shape index (κ2) is 5.06. The highest BCUT2D eigenvalue weighted by molar-refractivity contribution is 9.11. The Morgan fingerprint density at radius 3 is 2.47 bits per heavy atom. The normalized spacial score (nSPS) is 10.3. The standard InChI is InChI=1S/C12H9Br2NO2/c1-7-5-8(13)11(9(14)6-7)15-12(16)10-3-2-4-17-10/h2-6H,1H3,(H,15,16). The van der Waals surface area contributed by atoms with Gasteiger partial charge in [0.05, 0.1) is 12.0 Å². The van der Waals surface area contributed by atoms with Crippen molar-refractivity contribution >= 4 is 43.5 Å². The summed E-state index contributed by atoms with van der Waals surface area (Å²) in [5.41, 5.74) is 1.79. The minimum Gasteiger partial charge on any atom is -0.459 e. The van der Waals surface area contributed by atoms with Crippen molar-refractivity contribution in [1.82, 2.24) is 0 Å².